The van der Waals surface area contributed by atoms with Gasteiger partial charge in [-0.25, -0.2) is 8.42 Å². The summed E-state index contributed by atoms with van der Waals surface area (Å²) in [6.07, 6.45) is 1.86. The summed E-state index contributed by atoms with van der Waals surface area (Å²) < 4.78 is 56.6. The molecule has 3 aliphatic heterocycles. The van der Waals surface area contributed by atoms with Gasteiger partial charge in [0.2, 0.25) is 11.8 Å². The van der Waals surface area contributed by atoms with E-state index in [2.05, 4.69) is 9.88 Å². The van der Waals surface area contributed by atoms with E-state index in [1.54, 1.807) is 0 Å². The van der Waals surface area contributed by atoms with Crippen LogP contribution in [0, 0.1) is 5.95 Å². The van der Waals surface area contributed by atoms with Crippen molar-refractivity contribution in [3.8, 4) is 5.88 Å². The Bertz CT molecular complexity index is 844. The Kier molecular flexibility index (Phi) is 6.45. The van der Waals surface area contributed by atoms with Crippen molar-refractivity contribution in [2.75, 3.05) is 69.8 Å². The van der Waals surface area contributed by atoms with Crippen LogP contribution in [0.5, 0.6) is 5.88 Å². The highest BCUT2D eigenvalue weighted by atomic mass is 35.5. The van der Waals surface area contributed by atoms with E-state index in [1.807, 2.05) is 4.90 Å². The number of anilines is 1. The molecular weight excluding hydrogens is 425 g/mol. The van der Waals surface area contributed by atoms with Gasteiger partial charge in [0.15, 0.2) is 9.84 Å². The van der Waals surface area contributed by atoms with Crippen LogP contribution < -0.4 is 9.64 Å². The maximum Gasteiger partial charge on any atom is 0.241 e. The molecule has 2 saturated heterocycles. The Morgan fingerprint density at radius 3 is 2.76 bits per heavy atom. The third kappa shape index (κ3) is 4.61. The third-order valence-corrected chi connectivity index (χ3v) is 7.65. The number of aromatic nitrogens is 1. The highest BCUT2D eigenvalue weighted by molar-refractivity contribution is 7.91. The minimum atomic E-state index is -3.73. The normalized spacial score (nSPS) is 24.5. The molecule has 1 aromatic heterocycles. The maximum absolute atomic E-state index is 14.4. The molecule has 29 heavy (non-hydrogen) atoms. The average Bonchev–Trinajstić information content (AvgIpc) is 3.21. The van der Waals surface area contributed by atoms with Gasteiger partial charge in [-0.05, 0) is 12.8 Å². The van der Waals surface area contributed by atoms with Gasteiger partial charge in [0, 0.05) is 39.3 Å². The monoisotopic (exact) mass is 449 g/mol. The molecule has 4 rings (SSSR count). The number of fused-ring (bicyclic) bond motifs is 1. The van der Waals surface area contributed by atoms with Crippen LogP contribution in [-0.2, 0) is 19.3 Å². The zero-order valence-corrected chi connectivity index (χ0v) is 17.7. The largest absolute Gasteiger partial charge is 0.475 e. The minimum Gasteiger partial charge on any atom is -0.475 e. The number of rotatable bonds is 6. The number of pyridine rings is 1. The fourth-order valence-electron chi connectivity index (χ4n) is 3.91. The predicted molar refractivity (Wildman–Crippen MR) is 105 cm³/mol. The molecule has 1 atom stereocenters. The molecule has 0 bridgehead atoms. The van der Waals surface area contributed by atoms with Crippen LogP contribution >= 0.6 is 11.6 Å². The summed E-state index contributed by atoms with van der Waals surface area (Å²) in [5.74, 6) is -1.20. The van der Waals surface area contributed by atoms with Crippen LogP contribution in [0.15, 0.2) is 4.90 Å². The quantitative estimate of drug-likeness (QED) is 0.602. The maximum atomic E-state index is 14.4. The van der Waals surface area contributed by atoms with Crippen molar-refractivity contribution >= 4 is 27.1 Å². The number of sulfone groups is 1. The zero-order valence-electron chi connectivity index (χ0n) is 16.1. The number of halogens is 2. The van der Waals surface area contributed by atoms with Gasteiger partial charge in [-0.2, -0.15) is 9.37 Å². The lowest BCUT2D eigenvalue weighted by Gasteiger charge is -2.34. The van der Waals surface area contributed by atoms with E-state index < -0.39 is 20.8 Å². The topological polar surface area (TPSA) is 81.2 Å². The van der Waals surface area contributed by atoms with Crippen LogP contribution in [0.1, 0.15) is 12.8 Å². The summed E-state index contributed by atoms with van der Waals surface area (Å²) >= 11 is 6.05. The van der Waals surface area contributed by atoms with Crippen LogP contribution in [0.25, 0.3) is 0 Å². The van der Waals surface area contributed by atoms with Crippen LogP contribution in [0.3, 0.4) is 0 Å². The van der Waals surface area contributed by atoms with E-state index in [4.69, 9.17) is 25.8 Å². The minimum absolute atomic E-state index is 0.00585. The SMILES string of the molecule is O=S1(=O)CCN(C[C@@H]2CCCO2)c2c(OCCN3CCOCC3)nc(F)c(Cl)c21. The summed E-state index contributed by atoms with van der Waals surface area (Å²) in [5.41, 5.74) is 0.250. The molecule has 0 N–H and O–H groups in total. The molecule has 11 heteroatoms. The van der Waals surface area contributed by atoms with Crippen molar-refractivity contribution < 1.29 is 27.0 Å². The number of ether oxygens (including phenoxy) is 3. The van der Waals surface area contributed by atoms with Gasteiger partial charge in [-0.3, -0.25) is 4.90 Å². The smallest absolute Gasteiger partial charge is 0.241 e. The van der Waals surface area contributed by atoms with E-state index in [0.717, 1.165) is 25.9 Å². The lowest BCUT2D eigenvalue weighted by molar-refractivity contribution is 0.0319. The van der Waals surface area contributed by atoms with Crippen molar-refractivity contribution in [1.82, 2.24) is 9.88 Å². The molecule has 0 amide bonds. The summed E-state index contributed by atoms with van der Waals surface area (Å²) in [7, 11) is -3.73. The van der Waals surface area contributed by atoms with E-state index in [1.165, 1.54) is 0 Å². The molecule has 0 spiro atoms. The molecule has 0 radical (unpaired) electrons. The van der Waals surface area contributed by atoms with Crippen molar-refractivity contribution in [3.05, 3.63) is 11.0 Å². The van der Waals surface area contributed by atoms with E-state index in [0.29, 0.717) is 32.9 Å². The second-order valence-corrected chi connectivity index (χ2v) is 9.83. The lowest BCUT2D eigenvalue weighted by atomic mass is 10.2. The second kappa shape index (κ2) is 8.89. The Morgan fingerprint density at radius 1 is 1.24 bits per heavy atom. The van der Waals surface area contributed by atoms with Gasteiger partial charge in [-0.1, -0.05) is 11.6 Å². The Hall–Kier alpha value is -1.20. The Labute approximate surface area is 174 Å². The molecule has 0 saturated carbocycles. The number of morpholine rings is 1. The Balaban J connectivity index is 1.60. The van der Waals surface area contributed by atoms with Gasteiger partial charge >= 0.3 is 0 Å². The molecule has 3 aliphatic rings. The summed E-state index contributed by atoms with van der Waals surface area (Å²) in [6, 6.07) is 0. The van der Waals surface area contributed by atoms with Crippen molar-refractivity contribution in [3.63, 3.8) is 0 Å². The molecule has 2 fully saturated rings. The summed E-state index contributed by atoms with van der Waals surface area (Å²) in [4.78, 5) is 7.65. The van der Waals surface area contributed by atoms with Gasteiger partial charge in [0.25, 0.3) is 0 Å². The summed E-state index contributed by atoms with van der Waals surface area (Å²) in [5, 5.41) is -0.474. The highest BCUT2D eigenvalue weighted by Gasteiger charge is 2.37. The number of hydrogen-bond acceptors (Lipinski definition) is 8. The van der Waals surface area contributed by atoms with Crippen LogP contribution in [-0.4, -0.2) is 89.3 Å². The first-order chi connectivity index (χ1) is 14.0. The molecule has 4 heterocycles. The van der Waals surface area contributed by atoms with E-state index >= 15 is 0 Å². The molecule has 0 aliphatic carbocycles. The fourth-order valence-corrected chi connectivity index (χ4v) is 5.92. The van der Waals surface area contributed by atoms with Crippen molar-refractivity contribution in [1.29, 1.82) is 0 Å². The first-order valence-corrected chi connectivity index (χ1v) is 11.9. The standard InChI is InChI=1S/C18H25ClFN3O5S/c19-14-16-15(23(6-11-29(16,24)25)12-13-2-1-7-27-13)18(21-17(14)20)28-10-5-22-3-8-26-9-4-22/h13H,1-12H2/t13-/m0/s1. The lowest BCUT2D eigenvalue weighted by Crippen LogP contribution is -2.41. The highest BCUT2D eigenvalue weighted by Crippen LogP contribution is 2.43. The fraction of sp³-hybridized carbons (Fsp3) is 0.722. The van der Waals surface area contributed by atoms with E-state index in [9.17, 15) is 12.8 Å². The van der Waals surface area contributed by atoms with Crippen LogP contribution in [0.2, 0.25) is 5.02 Å². The van der Waals surface area contributed by atoms with Crippen LogP contribution in [0.4, 0.5) is 10.1 Å². The van der Waals surface area contributed by atoms with Gasteiger partial charge in [-0.15, -0.1) is 0 Å². The van der Waals surface area contributed by atoms with E-state index in [-0.39, 0.29) is 41.5 Å². The van der Waals surface area contributed by atoms with Gasteiger partial charge in [0.1, 0.15) is 22.2 Å². The molecule has 1 aromatic rings. The number of hydrogen-bond donors (Lipinski definition) is 0. The predicted octanol–water partition coefficient (Wildman–Crippen LogP) is 1.36. The molecule has 0 aromatic carbocycles. The Morgan fingerprint density at radius 2 is 2.03 bits per heavy atom. The zero-order chi connectivity index (χ0) is 20.4. The first-order valence-electron chi connectivity index (χ1n) is 9.87. The summed E-state index contributed by atoms with van der Waals surface area (Å²) in [6.45, 7) is 5.23. The van der Waals surface area contributed by atoms with Crippen molar-refractivity contribution in [2.45, 2.75) is 23.8 Å². The first kappa shape index (κ1) is 21.0. The average molecular weight is 450 g/mol. The van der Waals surface area contributed by atoms with Crippen molar-refractivity contribution in [2.24, 2.45) is 0 Å². The second-order valence-electron chi connectivity index (χ2n) is 7.40. The van der Waals surface area contributed by atoms with Gasteiger partial charge < -0.3 is 19.1 Å². The molecular formula is C18H25ClFN3O5S. The van der Waals surface area contributed by atoms with Gasteiger partial charge in [0.05, 0.1) is 25.1 Å². The molecule has 0 unspecified atom stereocenters. The molecule has 8 nitrogen and oxygen atoms in total. The number of nitrogens with zero attached hydrogens (tertiary/aromatic N) is 3. The third-order valence-electron chi connectivity index (χ3n) is 5.45. The molecule has 162 valence electrons.